The maximum atomic E-state index is 15.2. The molecule has 1 aromatic carbocycles. The minimum absolute atomic E-state index is 0.0877. The number of benzene rings is 1. The number of halogens is 1. The molecular weight excluding hydrogens is 501 g/mol. The minimum Gasteiger partial charge on any atom is -0.336 e. The minimum atomic E-state index is -0.423. The van der Waals surface area contributed by atoms with Crippen LogP contribution in [0.2, 0.25) is 0 Å². The number of hydrogen-bond donors (Lipinski definition) is 3. The summed E-state index contributed by atoms with van der Waals surface area (Å²) in [6.07, 6.45) is 7.06. The van der Waals surface area contributed by atoms with Gasteiger partial charge in [-0.15, -0.1) is 11.3 Å². The summed E-state index contributed by atoms with van der Waals surface area (Å²) < 4.78 is 15.2. The van der Waals surface area contributed by atoms with Gasteiger partial charge in [0.15, 0.2) is 5.82 Å². The molecule has 0 saturated heterocycles. The first kappa shape index (κ1) is 23.9. The molecule has 1 amide bonds. The molecule has 10 heteroatoms. The number of amides is 1. The third kappa shape index (κ3) is 4.43. The van der Waals surface area contributed by atoms with Crippen LogP contribution >= 0.6 is 11.3 Å². The smallest absolute Gasteiger partial charge is 0.224 e. The van der Waals surface area contributed by atoms with Crippen LogP contribution < -0.4 is 5.32 Å². The van der Waals surface area contributed by atoms with Crippen molar-refractivity contribution in [2.24, 2.45) is 0 Å². The molecule has 0 aliphatic heterocycles. The van der Waals surface area contributed by atoms with Crippen molar-refractivity contribution in [3.63, 3.8) is 0 Å². The molecule has 0 fully saturated rings. The van der Waals surface area contributed by atoms with Gasteiger partial charge in [-0.25, -0.2) is 9.37 Å². The molecule has 0 aliphatic rings. The van der Waals surface area contributed by atoms with Crippen molar-refractivity contribution in [2.75, 3.05) is 5.32 Å². The Morgan fingerprint density at radius 3 is 2.82 bits per heavy atom. The van der Waals surface area contributed by atoms with Gasteiger partial charge in [-0.3, -0.25) is 19.9 Å². The Labute approximate surface area is 221 Å². The van der Waals surface area contributed by atoms with Gasteiger partial charge in [0.05, 0.1) is 27.8 Å². The summed E-state index contributed by atoms with van der Waals surface area (Å²) in [5, 5.41) is 10.9. The van der Waals surface area contributed by atoms with E-state index in [0.717, 1.165) is 34.4 Å². The van der Waals surface area contributed by atoms with Crippen molar-refractivity contribution in [2.45, 2.75) is 33.1 Å². The molecule has 0 saturated carbocycles. The molecule has 38 heavy (non-hydrogen) atoms. The Morgan fingerprint density at radius 1 is 1.11 bits per heavy atom. The largest absolute Gasteiger partial charge is 0.336 e. The first-order valence-corrected chi connectivity index (χ1v) is 13.2. The van der Waals surface area contributed by atoms with Crippen LogP contribution in [-0.4, -0.2) is 36.0 Å². The number of carbonyl (C=O) groups excluding carboxylic acids is 1. The van der Waals surface area contributed by atoms with Crippen molar-refractivity contribution >= 4 is 44.9 Å². The maximum absolute atomic E-state index is 15.2. The molecule has 5 heterocycles. The molecule has 6 aromatic rings. The van der Waals surface area contributed by atoms with Crippen LogP contribution in [0.25, 0.3) is 55.2 Å². The second-order valence-corrected chi connectivity index (χ2v) is 10.4. The van der Waals surface area contributed by atoms with Crippen molar-refractivity contribution in [3.05, 3.63) is 65.7 Å². The second-order valence-electron chi connectivity index (χ2n) is 9.12. The van der Waals surface area contributed by atoms with E-state index in [1.807, 2.05) is 19.1 Å². The van der Waals surface area contributed by atoms with Crippen LogP contribution in [0.3, 0.4) is 0 Å². The van der Waals surface area contributed by atoms with E-state index in [-0.39, 0.29) is 5.91 Å². The number of fused-ring (bicyclic) bond motifs is 2. The van der Waals surface area contributed by atoms with Gasteiger partial charge in [-0.1, -0.05) is 13.3 Å². The summed E-state index contributed by atoms with van der Waals surface area (Å²) in [6, 6.07) is 10.9. The highest BCUT2D eigenvalue weighted by molar-refractivity contribution is 7.15. The number of thiophene rings is 1. The van der Waals surface area contributed by atoms with Gasteiger partial charge < -0.3 is 10.3 Å². The van der Waals surface area contributed by atoms with E-state index >= 15 is 4.39 Å². The summed E-state index contributed by atoms with van der Waals surface area (Å²) in [4.78, 5) is 31.4. The number of aryl methyl sites for hydroxylation is 1. The van der Waals surface area contributed by atoms with Gasteiger partial charge in [0.25, 0.3) is 0 Å². The van der Waals surface area contributed by atoms with E-state index in [9.17, 15) is 4.79 Å². The third-order valence-electron chi connectivity index (χ3n) is 6.34. The van der Waals surface area contributed by atoms with Crippen LogP contribution in [0.5, 0.6) is 0 Å². The summed E-state index contributed by atoms with van der Waals surface area (Å²) in [7, 11) is 0. The summed E-state index contributed by atoms with van der Waals surface area (Å²) in [6.45, 7) is 4.09. The van der Waals surface area contributed by atoms with Crippen LogP contribution in [-0.2, 0) is 4.79 Å². The number of carbonyl (C=O) groups is 1. The number of pyridine rings is 2. The molecule has 6 rings (SSSR count). The van der Waals surface area contributed by atoms with Crippen molar-refractivity contribution in [1.29, 1.82) is 0 Å². The van der Waals surface area contributed by atoms with Crippen LogP contribution in [0.15, 0.2) is 55.0 Å². The lowest BCUT2D eigenvalue weighted by molar-refractivity contribution is -0.116. The van der Waals surface area contributed by atoms with Gasteiger partial charge in [0, 0.05) is 46.3 Å². The summed E-state index contributed by atoms with van der Waals surface area (Å²) in [5.74, 6) is 0.0461. The number of unbranched alkanes of at least 4 members (excludes halogenated alkanes) is 1. The maximum Gasteiger partial charge on any atom is 0.224 e. The SMILES string of the molecule is CCCCC(=O)Nc1cncc(-c2cc3c(-c4nc5c(-c6ccc(C)s6)nccc5[nH]4)n[nH]c3cc2F)c1. The molecular formula is C28H24FN7OS. The van der Waals surface area contributed by atoms with Gasteiger partial charge >= 0.3 is 0 Å². The molecule has 0 atom stereocenters. The number of nitrogens with one attached hydrogen (secondary N) is 3. The number of anilines is 1. The Balaban J connectivity index is 1.40. The second kappa shape index (κ2) is 9.79. The fourth-order valence-electron chi connectivity index (χ4n) is 4.45. The van der Waals surface area contributed by atoms with E-state index in [1.165, 1.54) is 10.9 Å². The number of imidazole rings is 1. The quantitative estimate of drug-likeness (QED) is 0.211. The molecule has 0 bridgehead atoms. The highest BCUT2D eigenvalue weighted by Gasteiger charge is 2.19. The molecule has 0 unspecified atom stereocenters. The Bertz CT molecular complexity index is 1800. The number of aromatic amines is 2. The Hall–Kier alpha value is -4.44. The van der Waals surface area contributed by atoms with E-state index in [4.69, 9.17) is 4.98 Å². The van der Waals surface area contributed by atoms with Gasteiger partial charge in [-0.05, 0) is 43.7 Å². The summed E-state index contributed by atoms with van der Waals surface area (Å²) in [5.41, 5.74) is 4.94. The van der Waals surface area contributed by atoms with E-state index in [2.05, 4.69) is 43.5 Å². The zero-order valence-electron chi connectivity index (χ0n) is 20.8. The van der Waals surface area contributed by atoms with E-state index in [1.54, 1.807) is 42.1 Å². The van der Waals surface area contributed by atoms with Crippen LogP contribution in [0.4, 0.5) is 10.1 Å². The van der Waals surface area contributed by atoms with Crippen LogP contribution in [0, 0.1) is 12.7 Å². The van der Waals surface area contributed by atoms with Crippen molar-refractivity contribution in [1.82, 2.24) is 30.1 Å². The fraction of sp³-hybridized carbons (Fsp3) is 0.179. The average Bonchev–Trinajstić information content (AvgIpc) is 3.64. The Kier molecular flexibility index (Phi) is 6.16. The van der Waals surface area contributed by atoms with Crippen molar-refractivity contribution in [3.8, 4) is 33.2 Å². The Morgan fingerprint density at radius 2 is 2.00 bits per heavy atom. The molecule has 0 radical (unpaired) electrons. The van der Waals surface area contributed by atoms with Gasteiger partial charge in [0.2, 0.25) is 5.91 Å². The molecule has 5 aromatic heterocycles. The lowest BCUT2D eigenvalue weighted by atomic mass is 10.0. The topological polar surface area (TPSA) is 112 Å². The first-order valence-electron chi connectivity index (χ1n) is 12.3. The highest BCUT2D eigenvalue weighted by Crippen LogP contribution is 2.35. The highest BCUT2D eigenvalue weighted by atomic mass is 32.1. The predicted octanol–water partition coefficient (Wildman–Crippen LogP) is 6.87. The molecule has 190 valence electrons. The first-order chi connectivity index (χ1) is 18.5. The number of nitrogens with zero attached hydrogens (tertiary/aromatic N) is 4. The van der Waals surface area contributed by atoms with Gasteiger partial charge in [-0.2, -0.15) is 5.10 Å². The fourth-order valence-corrected chi connectivity index (χ4v) is 5.31. The zero-order chi connectivity index (χ0) is 26.2. The molecule has 3 N–H and O–H groups in total. The number of aromatic nitrogens is 6. The van der Waals surface area contributed by atoms with Crippen molar-refractivity contribution < 1.29 is 9.18 Å². The summed E-state index contributed by atoms with van der Waals surface area (Å²) >= 11 is 1.66. The number of hydrogen-bond acceptors (Lipinski definition) is 6. The zero-order valence-corrected chi connectivity index (χ0v) is 21.6. The van der Waals surface area contributed by atoms with Crippen LogP contribution in [0.1, 0.15) is 31.1 Å². The molecule has 8 nitrogen and oxygen atoms in total. The number of H-pyrrole nitrogens is 2. The molecule has 0 aliphatic carbocycles. The standard InChI is InChI=1S/C28H24FN7OS/c1-3-4-5-24(37)32-17-10-16(13-30-14-17)18-11-19-22(12-20(18)29)35-36-25(19)28-33-21-8-9-31-27(26(21)34-28)23-7-6-15(2)38-23/h6-14H,3-5H2,1-2H3,(H,32,37)(H,33,34)(H,35,36). The molecule has 0 spiro atoms. The number of rotatable bonds is 7. The normalized spacial score (nSPS) is 11.4. The van der Waals surface area contributed by atoms with E-state index < -0.39 is 5.82 Å². The van der Waals surface area contributed by atoms with Gasteiger partial charge in [0.1, 0.15) is 22.7 Å². The third-order valence-corrected chi connectivity index (χ3v) is 7.35. The predicted molar refractivity (Wildman–Crippen MR) is 148 cm³/mol. The van der Waals surface area contributed by atoms with E-state index in [0.29, 0.717) is 45.7 Å². The lowest BCUT2D eigenvalue weighted by Gasteiger charge is -2.08. The lowest BCUT2D eigenvalue weighted by Crippen LogP contribution is -2.11. The average molecular weight is 526 g/mol. The monoisotopic (exact) mass is 525 g/mol.